The molecule has 0 spiro atoms. The molecule has 1 fully saturated rings. The van der Waals surface area contributed by atoms with Crippen molar-refractivity contribution in [2.75, 3.05) is 26.9 Å². The highest BCUT2D eigenvalue weighted by atomic mass is 16.6. The van der Waals surface area contributed by atoms with Crippen molar-refractivity contribution in [1.29, 1.82) is 0 Å². The fraction of sp³-hybridized carbons (Fsp3) is 0.750. The van der Waals surface area contributed by atoms with Crippen molar-refractivity contribution < 1.29 is 28.6 Å². The van der Waals surface area contributed by atoms with Gasteiger partial charge in [-0.25, -0.2) is 19.4 Å². The summed E-state index contributed by atoms with van der Waals surface area (Å²) >= 11 is 0. The lowest BCUT2D eigenvalue weighted by Gasteiger charge is -2.40. The first-order chi connectivity index (χ1) is 9.56. The second-order valence-corrected chi connectivity index (χ2v) is 4.05. The standard InChI is InChI=1S/C12H20N2O6/c1-4-19-11(16)13-8-6-7-9(10(15)18-3)14(13)12(17)20-5-2/h9H,4-8H2,1-3H3. The first kappa shape index (κ1) is 16.1. The summed E-state index contributed by atoms with van der Waals surface area (Å²) in [5, 5.41) is 2.07. The van der Waals surface area contributed by atoms with E-state index in [-0.39, 0.29) is 19.8 Å². The smallest absolute Gasteiger partial charge is 0.429 e. The normalized spacial score (nSPS) is 18.4. The molecule has 0 N–H and O–H groups in total. The lowest BCUT2D eigenvalue weighted by molar-refractivity contribution is -0.156. The molecule has 1 aliphatic rings. The van der Waals surface area contributed by atoms with E-state index in [1.807, 2.05) is 0 Å². The minimum atomic E-state index is -0.878. The molecule has 1 heterocycles. The van der Waals surface area contributed by atoms with Gasteiger partial charge in [0.1, 0.15) is 0 Å². The zero-order valence-electron chi connectivity index (χ0n) is 12.0. The number of methoxy groups -OCH3 is 1. The summed E-state index contributed by atoms with van der Waals surface area (Å²) < 4.78 is 14.5. The number of nitrogens with zero attached hydrogens (tertiary/aromatic N) is 2. The summed E-state index contributed by atoms with van der Waals surface area (Å²) in [5.74, 6) is -0.591. The largest absolute Gasteiger partial charge is 0.467 e. The second-order valence-electron chi connectivity index (χ2n) is 4.05. The predicted molar refractivity (Wildman–Crippen MR) is 67.6 cm³/mol. The Morgan fingerprint density at radius 2 is 1.70 bits per heavy atom. The van der Waals surface area contributed by atoms with Crippen LogP contribution in [-0.4, -0.2) is 61.1 Å². The van der Waals surface area contributed by atoms with Crippen LogP contribution in [0.2, 0.25) is 0 Å². The van der Waals surface area contributed by atoms with Crippen molar-refractivity contribution in [2.45, 2.75) is 32.7 Å². The van der Waals surface area contributed by atoms with Gasteiger partial charge in [-0.2, -0.15) is 5.01 Å². The average molecular weight is 288 g/mol. The van der Waals surface area contributed by atoms with Crippen LogP contribution >= 0.6 is 0 Å². The van der Waals surface area contributed by atoms with Crippen LogP contribution in [0.3, 0.4) is 0 Å². The Hall–Kier alpha value is -1.99. The molecule has 0 aliphatic carbocycles. The van der Waals surface area contributed by atoms with Gasteiger partial charge in [-0.05, 0) is 26.7 Å². The van der Waals surface area contributed by atoms with Crippen LogP contribution in [0, 0.1) is 0 Å². The number of hydrogen-bond acceptors (Lipinski definition) is 6. The Morgan fingerprint density at radius 3 is 2.25 bits per heavy atom. The summed E-state index contributed by atoms with van der Waals surface area (Å²) in [6.45, 7) is 3.90. The van der Waals surface area contributed by atoms with Crippen LogP contribution in [0.25, 0.3) is 0 Å². The van der Waals surface area contributed by atoms with E-state index in [9.17, 15) is 14.4 Å². The van der Waals surface area contributed by atoms with E-state index in [0.29, 0.717) is 12.8 Å². The number of esters is 1. The maximum atomic E-state index is 12.0. The summed E-state index contributed by atoms with van der Waals surface area (Å²) in [6, 6.07) is -0.878. The number of ether oxygens (including phenoxy) is 3. The maximum Gasteiger partial charge on any atom is 0.429 e. The van der Waals surface area contributed by atoms with Gasteiger partial charge in [0.05, 0.1) is 20.3 Å². The van der Waals surface area contributed by atoms with E-state index in [4.69, 9.17) is 9.47 Å². The third-order valence-corrected chi connectivity index (χ3v) is 2.81. The number of hydrazine groups is 1. The SMILES string of the molecule is CCOC(=O)N1CCCC(C(=O)OC)N1C(=O)OCC. The molecule has 1 atom stereocenters. The van der Waals surface area contributed by atoms with Crippen molar-refractivity contribution in [1.82, 2.24) is 10.0 Å². The van der Waals surface area contributed by atoms with Gasteiger partial charge in [0.2, 0.25) is 0 Å². The summed E-state index contributed by atoms with van der Waals surface area (Å²) in [7, 11) is 1.23. The molecule has 2 amide bonds. The molecule has 0 radical (unpaired) electrons. The molecule has 1 saturated heterocycles. The molecule has 8 nitrogen and oxygen atoms in total. The van der Waals surface area contributed by atoms with Crippen LogP contribution < -0.4 is 0 Å². The number of rotatable bonds is 3. The van der Waals surface area contributed by atoms with E-state index in [1.165, 1.54) is 7.11 Å². The number of carbonyl (C=O) groups excluding carboxylic acids is 3. The van der Waals surface area contributed by atoms with Gasteiger partial charge >= 0.3 is 18.2 Å². The molecule has 114 valence electrons. The highest BCUT2D eigenvalue weighted by molar-refractivity contribution is 5.83. The molecule has 0 aromatic heterocycles. The van der Waals surface area contributed by atoms with Crippen molar-refractivity contribution >= 4 is 18.2 Å². The van der Waals surface area contributed by atoms with Crippen LogP contribution in [0.1, 0.15) is 26.7 Å². The summed E-state index contributed by atoms with van der Waals surface area (Å²) in [5.41, 5.74) is 0. The molecule has 0 bridgehead atoms. The topological polar surface area (TPSA) is 85.4 Å². The van der Waals surface area contributed by atoms with Gasteiger partial charge in [-0.3, -0.25) is 0 Å². The molecular weight excluding hydrogens is 268 g/mol. The molecule has 0 aromatic carbocycles. The first-order valence-corrected chi connectivity index (χ1v) is 6.54. The minimum Gasteiger partial charge on any atom is -0.467 e. The number of amides is 2. The summed E-state index contributed by atoms with van der Waals surface area (Å²) in [4.78, 5) is 35.6. The van der Waals surface area contributed by atoms with E-state index in [0.717, 1.165) is 10.0 Å². The molecule has 1 aliphatic heterocycles. The molecule has 20 heavy (non-hydrogen) atoms. The lowest BCUT2D eigenvalue weighted by Crippen LogP contribution is -2.60. The van der Waals surface area contributed by atoms with Crippen LogP contribution in [0.15, 0.2) is 0 Å². The van der Waals surface area contributed by atoms with Gasteiger partial charge in [0.15, 0.2) is 6.04 Å². The third kappa shape index (κ3) is 3.52. The zero-order chi connectivity index (χ0) is 15.1. The predicted octanol–water partition coefficient (Wildman–Crippen LogP) is 1.15. The van der Waals surface area contributed by atoms with Crippen molar-refractivity contribution in [2.24, 2.45) is 0 Å². The quantitative estimate of drug-likeness (QED) is 0.572. The van der Waals surface area contributed by atoms with Gasteiger partial charge in [0, 0.05) is 6.54 Å². The third-order valence-electron chi connectivity index (χ3n) is 2.81. The molecular formula is C12H20N2O6. The molecule has 0 aromatic rings. The van der Waals surface area contributed by atoms with Gasteiger partial charge in [-0.1, -0.05) is 0 Å². The molecule has 0 saturated carbocycles. The van der Waals surface area contributed by atoms with Gasteiger partial charge < -0.3 is 14.2 Å². The Bertz CT molecular complexity index is 373. The van der Waals surface area contributed by atoms with E-state index < -0.39 is 24.2 Å². The van der Waals surface area contributed by atoms with Crippen LogP contribution in [-0.2, 0) is 19.0 Å². The lowest BCUT2D eigenvalue weighted by atomic mass is 10.1. The van der Waals surface area contributed by atoms with Crippen molar-refractivity contribution in [3.63, 3.8) is 0 Å². The van der Waals surface area contributed by atoms with Crippen LogP contribution in [0.5, 0.6) is 0 Å². The zero-order valence-corrected chi connectivity index (χ0v) is 12.0. The molecule has 1 unspecified atom stereocenters. The second kappa shape index (κ2) is 7.56. The monoisotopic (exact) mass is 288 g/mol. The van der Waals surface area contributed by atoms with E-state index in [2.05, 4.69) is 4.74 Å². The Kier molecular flexibility index (Phi) is 6.08. The Morgan fingerprint density at radius 1 is 1.10 bits per heavy atom. The average Bonchev–Trinajstić information content (AvgIpc) is 2.46. The molecule has 8 heteroatoms. The highest BCUT2D eigenvalue weighted by Gasteiger charge is 2.41. The minimum absolute atomic E-state index is 0.139. The van der Waals surface area contributed by atoms with Gasteiger partial charge in [0.25, 0.3) is 0 Å². The maximum absolute atomic E-state index is 12.0. The fourth-order valence-corrected chi connectivity index (χ4v) is 1.98. The number of carbonyl (C=O) groups is 3. The molecule has 1 rings (SSSR count). The van der Waals surface area contributed by atoms with Crippen molar-refractivity contribution in [3.8, 4) is 0 Å². The first-order valence-electron chi connectivity index (χ1n) is 6.54. The summed E-state index contributed by atoms with van der Waals surface area (Å²) in [6.07, 6.45) is -0.486. The Balaban J connectivity index is 2.98. The van der Waals surface area contributed by atoms with E-state index in [1.54, 1.807) is 13.8 Å². The highest BCUT2D eigenvalue weighted by Crippen LogP contribution is 2.21. The Labute approximate surface area is 117 Å². The van der Waals surface area contributed by atoms with Crippen LogP contribution in [0.4, 0.5) is 9.59 Å². The fourth-order valence-electron chi connectivity index (χ4n) is 1.98. The van der Waals surface area contributed by atoms with Crippen molar-refractivity contribution in [3.05, 3.63) is 0 Å². The van der Waals surface area contributed by atoms with E-state index >= 15 is 0 Å². The van der Waals surface area contributed by atoms with Gasteiger partial charge in [-0.15, -0.1) is 0 Å². The number of hydrogen-bond donors (Lipinski definition) is 0.